The molecule has 14 aromatic rings. The molecule has 0 aliphatic heterocycles. The van der Waals surface area contributed by atoms with Gasteiger partial charge in [0, 0.05) is 48.4 Å². The number of hydrogen-bond acceptors (Lipinski definition) is 4. The number of furan rings is 1. The number of aromatic nitrogens is 3. The standard InChI is InChI=1S/C58H33N3OS/c1-2-14-35(15-3-1)45-33-48-54(42-20-9-8-19-41(42)45)53-40-18-7-6-16-36(40)27-29-47(53)61(48)39-28-30-49-46(32-39)52-44(22-12-23-50(52)62-49)58-59-55(38-26-25-34-13-4-5-17-37(34)31-38)57-56(60-58)43-21-10-11-24-51(43)63-57/h1-33H. The van der Waals surface area contributed by atoms with Crippen LogP contribution >= 0.6 is 11.3 Å². The quantitative estimate of drug-likeness (QED) is 0.178. The lowest BCUT2D eigenvalue weighted by molar-refractivity contribution is 0.669. The van der Waals surface area contributed by atoms with Gasteiger partial charge in [-0.2, -0.15) is 0 Å². The van der Waals surface area contributed by atoms with Crippen molar-refractivity contribution in [3.63, 3.8) is 0 Å². The fourth-order valence-electron chi connectivity index (χ4n) is 10.2. The van der Waals surface area contributed by atoms with E-state index >= 15 is 0 Å². The smallest absolute Gasteiger partial charge is 0.161 e. The van der Waals surface area contributed by atoms with Crippen LogP contribution in [0.2, 0.25) is 0 Å². The predicted molar refractivity (Wildman–Crippen MR) is 265 cm³/mol. The van der Waals surface area contributed by atoms with Crippen LogP contribution in [0.3, 0.4) is 0 Å². The normalized spacial score (nSPS) is 12.1. The third-order valence-corrected chi connectivity index (χ3v) is 14.1. The summed E-state index contributed by atoms with van der Waals surface area (Å²) in [6.45, 7) is 0. The first-order chi connectivity index (χ1) is 31.2. The third-order valence-electron chi connectivity index (χ3n) is 13.0. The Labute approximate surface area is 364 Å². The Morgan fingerprint density at radius 1 is 0.413 bits per heavy atom. The van der Waals surface area contributed by atoms with Crippen LogP contribution in [0, 0.1) is 0 Å². The van der Waals surface area contributed by atoms with Gasteiger partial charge in [-0.15, -0.1) is 11.3 Å². The van der Waals surface area contributed by atoms with Gasteiger partial charge in [-0.3, -0.25) is 0 Å². The molecule has 0 unspecified atom stereocenters. The van der Waals surface area contributed by atoms with Gasteiger partial charge in [-0.05, 0) is 92.0 Å². The number of rotatable bonds is 4. The molecule has 5 heteroatoms. The van der Waals surface area contributed by atoms with E-state index < -0.39 is 0 Å². The van der Waals surface area contributed by atoms with Crippen molar-refractivity contribution in [2.24, 2.45) is 0 Å². The van der Waals surface area contributed by atoms with Crippen LogP contribution in [0.5, 0.6) is 0 Å². The lowest BCUT2D eigenvalue weighted by atomic mass is 9.94. The molecule has 0 bridgehead atoms. The largest absolute Gasteiger partial charge is 0.456 e. The van der Waals surface area contributed by atoms with Crippen molar-refractivity contribution in [3.05, 3.63) is 200 Å². The van der Waals surface area contributed by atoms with Gasteiger partial charge >= 0.3 is 0 Å². The van der Waals surface area contributed by atoms with Gasteiger partial charge in [0.2, 0.25) is 0 Å². The first-order valence-corrected chi connectivity index (χ1v) is 22.1. The minimum absolute atomic E-state index is 0.676. The highest BCUT2D eigenvalue weighted by molar-refractivity contribution is 7.26. The summed E-state index contributed by atoms with van der Waals surface area (Å²) in [6, 6.07) is 71.9. The lowest BCUT2D eigenvalue weighted by Gasteiger charge is -2.12. The molecule has 0 aliphatic rings. The number of benzene rings is 10. The molecule has 4 aromatic heterocycles. The molecule has 4 nitrogen and oxygen atoms in total. The molecule has 0 saturated carbocycles. The molecule has 292 valence electrons. The van der Waals surface area contributed by atoms with Gasteiger partial charge in [-0.1, -0.05) is 152 Å². The average molecular weight is 820 g/mol. The number of thiophene rings is 1. The Balaban J connectivity index is 1.06. The van der Waals surface area contributed by atoms with Crippen molar-refractivity contribution >= 4 is 108 Å². The molecule has 4 heterocycles. The Morgan fingerprint density at radius 2 is 1.14 bits per heavy atom. The Hall–Kier alpha value is -8.12. The van der Waals surface area contributed by atoms with Crippen LogP contribution in [0.25, 0.3) is 136 Å². The molecule has 0 radical (unpaired) electrons. The van der Waals surface area contributed by atoms with Crippen LogP contribution in [-0.4, -0.2) is 14.5 Å². The fourth-order valence-corrected chi connectivity index (χ4v) is 11.3. The first-order valence-electron chi connectivity index (χ1n) is 21.3. The molecule has 0 N–H and O–H groups in total. The topological polar surface area (TPSA) is 43.9 Å². The Kier molecular flexibility index (Phi) is 7.24. The summed E-state index contributed by atoms with van der Waals surface area (Å²) in [7, 11) is 0. The van der Waals surface area contributed by atoms with Crippen LogP contribution in [0.1, 0.15) is 0 Å². The average Bonchev–Trinajstić information content (AvgIpc) is 4.03. The van der Waals surface area contributed by atoms with Crippen molar-refractivity contribution in [1.82, 2.24) is 14.5 Å². The highest BCUT2D eigenvalue weighted by atomic mass is 32.1. The Bertz CT molecular complexity index is 4210. The minimum Gasteiger partial charge on any atom is -0.456 e. The predicted octanol–water partition coefficient (Wildman–Crippen LogP) is 16.3. The number of nitrogens with zero attached hydrogens (tertiary/aromatic N) is 3. The molecule has 0 fully saturated rings. The fraction of sp³-hybridized carbons (Fsp3) is 0. The maximum Gasteiger partial charge on any atom is 0.161 e. The molecule has 0 aliphatic carbocycles. The highest BCUT2D eigenvalue weighted by Gasteiger charge is 2.23. The summed E-state index contributed by atoms with van der Waals surface area (Å²) in [4.78, 5) is 10.9. The second-order valence-corrected chi connectivity index (χ2v) is 17.5. The molecule has 0 saturated heterocycles. The second kappa shape index (κ2) is 13.2. The van der Waals surface area contributed by atoms with E-state index in [1.165, 1.54) is 58.9 Å². The lowest BCUT2D eigenvalue weighted by Crippen LogP contribution is -1.95. The Morgan fingerprint density at radius 3 is 2.03 bits per heavy atom. The van der Waals surface area contributed by atoms with Crippen LogP contribution in [-0.2, 0) is 0 Å². The highest BCUT2D eigenvalue weighted by Crippen LogP contribution is 2.46. The molecule has 63 heavy (non-hydrogen) atoms. The zero-order valence-electron chi connectivity index (χ0n) is 33.7. The molecule has 10 aromatic carbocycles. The van der Waals surface area contributed by atoms with E-state index in [2.05, 4.69) is 205 Å². The van der Waals surface area contributed by atoms with E-state index in [4.69, 9.17) is 14.4 Å². The number of hydrogen-bond donors (Lipinski definition) is 0. The van der Waals surface area contributed by atoms with E-state index in [0.717, 1.165) is 71.1 Å². The third kappa shape index (κ3) is 5.08. The molecular weight excluding hydrogens is 787 g/mol. The summed E-state index contributed by atoms with van der Waals surface area (Å²) in [5.74, 6) is 0.676. The van der Waals surface area contributed by atoms with Gasteiger partial charge in [-0.25, -0.2) is 9.97 Å². The summed E-state index contributed by atoms with van der Waals surface area (Å²) in [5.41, 5.74) is 11.3. The van der Waals surface area contributed by atoms with Crippen molar-refractivity contribution < 1.29 is 4.42 Å². The summed E-state index contributed by atoms with van der Waals surface area (Å²) >= 11 is 1.76. The van der Waals surface area contributed by atoms with Crippen molar-refractivity contribution in [1.29, 1.82) is 0 Å². The van der Waals surface area contributed by atoms with Crippen LogP contribution in [0.4, 0.5) is 0 Å². The molecular formula is C58H33N3OS. The molecule has 0 amide bonds. The minimum atomic E-state index is 0.676. The van der Waals surface area contributed by atoms with E-state index in [1.54, 1.807) is 11.3 Å². The maximum absolute atomic E-state index is 6.70. The maximum atomic E-state index is 6.70. The van der Waals surface area contributed by atoms with Gasteiger partial charge < -0.3 is 8.98 Å². The van der Waals surface area contributed by atoms with Crippen molar-refractivity contribution in [2.75, 3.05) is 0 Å². The zero-order chi connectivity index (χ0) is 41.2. The van der Waals surface area contributed by atoms with Gasteiger partial charge in [0.1, 0.15) is 11.2 Å². The zero-order valence-corrected chi connectivity index (χ0v) is 34.5. The van der Waals surface area contributed by atoms with E-state index in [9.17, 15) is 0 Å². The van der Waals surface area contributed by atoms with E-state index in [0.29, 0.717) is 5.82 Å². The number of fused-ring (bicyclic) bond motifs is 14. The summed E-state index contributed by atoms with van der Waals surface area (Å²) < 4.78 is 11.4. The van der Waals surface area contributed by atoms with E-state index in [-0.39, 0.29) is 0 Å². The first kappa shape index (κ1) is 34.6. The van der Waals surface area contributed by atoms with Crippen LogP contribution < -0.4 is 0 Å². The van der Waals surface area contributed by atoms with Gasteiger partial charge in [0.25, 0.3) is 0 Å². The van der Waals surface area contributed by atoms with Crippen molar-refractivity contribution in [3.8, 4) is 39.5 Å². The molecule has 14 rings (SSSR count). The second-order valence-electron chi connectivity index (χ2n) is 16.4. The van der Waals surface area contributed by atoms with Crippen LogP contribution in [0.15, 0.2) is 205 Å². The van der Waals surface area contributed by atoms with Gasteiger partial charge in [0.15, 0.2) is 5.82 Å². The summed E-state index contributed by atoms with van der Waals surface area (Å²) in [6.07, 6.45) is 0. The van der Waals surface area contributed by atoms with E-state index in [1.807, 2.05) is 0 Å². The molecule has 0 atom stereocenters. The monoisotopic (exact) mass is 819 g/mol. The van der Waals surface area contributed by atoms with Crippen molar-refractivity contribution in [2.45, 2.75) is 0 Å². The molecule has 0 spiro atoms. The SMILES string of the molecule is c1ccc(-c2cc3c(c4ccccc24)c2c4ccccc4ccc2n3-c2ccc3oc4cccc(-c5nc(-c6ccc7ccccc7c6)c6sc7ccccc7c6n5)c4c3c2)cc1. The summed E-state index contributed by atoms with van der Waals surface area (Å²) in [5, 5.41) is 13.0. The van der Waals surface area contributed by atoms with Gasteiger partial charge in [0.05, 0.1) is 26.9 Å².